The first-order chi connectivity index (χ1) is 8.70. The van der Waals surface area contributed by atoms with Crippen LogP contribution >= 0.6 is 0 Å². The Hall–Kier alpha value is -2.32. The van der Waals surface area contributed by atoms with Crippen molar-refractivity contribution in [3.05, 3.63) is 35.4 Å². The van der Waals surface area contributed by atoms with Crippen molar-refractivity contribution in [2.45, 2.75) is 6.54 Å². The standard InChI is InChI=1S/C13H12N2O3/c16-6-2-5-10-3-1-4-11(7-10)9-15-12(17)8-14-13(15)18/h1,3-4,7,16H,6,8-9H2,(H,14,18). The maximum Gasteiger partial charge on any atom is 0.324 e. The number of carbonyl (C=O) groups is 2. The summed E-state index contributed by atoms with van der Waals surface area (Å²) in [5.74, 6) is 5.10. The maximum atomic E-state index is 11.4. The molecule has 1 fully saturated rings. The molecule has 0 atom stereocenters. The Labute approximate surface area is 104 Å². The van der Waals surface area contributed by atoms with Crippen LogP contribution in [0.2, 0.25) is 0 Å². The minimum Gasteiger partial charge on any atom is -0.384 e. The molecule has 5 nitrogen and oxygen atoms in total. The lowest BCUT2D eigenvalue weighted by Crippen LogP contribution is -2.30. The summed E-state index contributed by atoms with van der Waals surface area (Å²) < 4.78 is 0. The van der Waals surface area contributed by atoms with Gasteiger partial charge in [0.2, 0.25) is 5.91 Å². The molecule has 1 aliphatic rings. The van der Waals surface area contributed by atoms with Crippen molar-refractivity contribution in [3.8, 4) is 11.8 Å². The van der Waals surface area contributed by atoms with E-state index in [0.717, 1.165) is 11.1 Å². The number of aliphatic hydroxyl groups is 1. The van der Waals surface area contributed by atoms with E-state index < -0.39 is 0 Å². The first-order valence-corrected chi connectivity index (χ1v) is 5.47. The van der Waals surface area contributed by atoms with Gasteiger partial charge in [0, 0.05) is 5.56 Å². The van der Waals surface area contributed by atoms with Crippen LogP contribution in [0.25, 0.3) is 0 Å². The Kier molecular flexibility index (Phi) is 3.60. The molecule has 0 unspecified atom stereocenters. The Morgan fingerprint density at radius 1 is 1.39 bits per heavy atom. The number of aliphatic hydroxyl groups excluding tert-OH is 1. The second-order valence-corrected chi connectivity index (χ2v) is 3.80. The summed E-state index contributed by atoms with van der Waals surface area (Å²) in [6, 6.07) is 6.85. The summed E-state index contributed by atoms with van der Waals surface area (Å²) in [7, 11) is 0. The van der Waals surface area contributed by atoms with Gasteiger partial charge in [0.15, 0.2) is 0 Å². The van der Waals surface area contributed by atoms with E-state index in [4.69, 9.17) is 5.11 Å². The molecule has 3 amide bonds. The summed E-state index contributed by atoms with van der Waals surface area (Å²) in [5, 5.41) is 11.1. The zero-order chi connectivity index (χ0) is 13.0. The fourth-order valence-electron chi connectivity index (χ4n) is 1.69. The van der Waals surface area contributed by atoms with Crippen LogP contribution in [0, 0.1) is 11.8 Å². The van der Waals surface area contributed by atoms with Gasteiger partial charge in [-0.05, 0) is 17.7 Å². The first kappa shape index (κ1) is 12.1. The molecule has 0 radical (unpaired) electrons. The predicted octanol–water partition coefficient (Wildman–Crippen LogP) is 0.0822. The highest BCUT2D eigenvalue weighted by Gasteiger charge is 2.28. The van der Waals surface area contributed by atoms with Crippen LogP contribution in [0.4, 0.5) is 4.79 Å². The Balaban J connectivity index is 2.14. The number of nitrogens with zero attached hydrogens (tertiary/aromatic N) is 1. The Bertz CT molecular complexity index is 527. The van der Waals surface area contributed by atoms with Gasteiger partial charge in [0.25, 0.3) is 0 Å². The van der Waals surface area contributed by atoms with Gasteiger partial charge in [-0.3, -0.25) is 9.69 Å². The quantitative estimate of drug-likeness (QED) is 0.572. The molecule has 1 aromatic rings. The number of benzene rings is 1. The highest BCUT2D eigenvalue weighted by molar-refractivity contribution is 6.01. The van der Waals surface area contributed by atoms with Crippen molar-refractivity contribution in [1.82, 2.24) is 10.2 Å². The summed E-state index contributed by atoms with van der Waals surface area (Å²) in [6.45, 7) is 0.0966. The normalized spacial score (nSPS) is 14.2. The molecule has 1 saturated heterocycles. The lowest BCUT2D eigenvalue weighted by Gasteiger charge is -2.12. The van der Waals surface area contributed by atoms with Crippen molar-refractivity contribution in [3.63, 3.8) is 0 Å². The zero-order valence-electron chi connectivity index (χ0n) is 9.64. The predicted molar refractivity (Wildman–Crippen MR) is 64.4 cm³/mol. The molecule has 0 aliphatic carbocycles. The molecule has 1 aromatic carbocycles. The van der Waals surface area contributed by atoms with Gasteiger partial charge in [-0.15, -0.1) is 0 Å². The van der Waals surface area contributed by atoms with E-state index in [0.29, 0.717) is 0 Å². The molecule has 0 spiro atoms. The Morgan fingerprint density at radius 2 is 2.22 bits per heavy atom. The zero-order valence-corrected chi connectivity index (χ0v) is 9.64. The second kappa shape index (κ2) is 5.34. The molecule has 2 N–H and O–H groups in total. The Morgan fingerprint density at radius 3 is 2.89 bits per heavy atom. The van der Waals surface area contributed by atoms with Gasteiger partial charge in [-0.2, -0.15) is 0 Å². The number of amides is 3. The smallest absolute Gasteiger partial charge is 0.324 e. The number of nitrogens with one attached hydrogen (secondary N) is 1. The topological polar surface area (TPSA) is 69.6 Å². The largest absolute Gasteiger partial charge is 0.384 e. The monoisotopic (exact) mass is 244 g/mol. The van der Waals surface area contributed by atoms with Crippen molar-refractivity contribution in [2.75, 3.05) is 13.2 Å². The highest BCUT2D eigenvalue weighted by Crippen LogP contribution is 2.10. The van der Waals surface area contributed by atoms with Crippen LogP contribution in [-0.2, 0) is 11.3 Å². The first-order valence-electron chi connectivity index (χ1n) is 5.47. The molecule has 1 heterocycles. The van der Waals surface area contributed by atoms with E-state index in [2.05, 4.69) is 17.2 Å². The summed E-state index contributed by atoms with van der Waals surface area (Å²) in [5.41, 5.74) is 1.57. The van der Waals surface area contributed by atoms with E-state index in [-0.39, 0.29) is 31.6 Å². The number of urea groups is 1. The average molecular weight is 244 g/mol. The van der Waals surface area contributed by atoms with Gasteiger partial charge in [-0.1, -0.05) is 24.0 Å². The summed E-state index contributed by atoms with van der Waals surface area (Å²) in [6.07, 6.45) is 0. The van der Waals surface area contributed by atoms with Crippen LogP contribution in [0.3, 0.4) is 0 Å². The SMILES string of the molecule is O=C1CNC(=O)N1Cc1cccc(C#CCO)c1. The van der Waals surface area contributed by atoms with Crippen molar-refractivity contribution in [1.29, 1.82) is 0 Å². The van der Waals surface area contributed by atoms with Crippen LogP contribution in [-0.4, -0.2) is 35.1 Å². The van der Waals surface area contributed by atoms with Gasteiger partial charge in [0.1, 0.15) is 6.61 Å². The third-order valence-electron chi connectivity index (χ3n) is 2.52. The third kappa shape index (κ3) is 2.67. The number of rotatable bonds is 2. The van der Waals surface area contributed by atoms with Gasteiger partial charge in [-0.25, -0.2) is 4.79 Å². The lowest BCUT2D eigenvalue weighted by molar-refractivity contribution is -0.125. The molecule has 0 bridgehead atoms. The van der Waals surface area contributed by atoms with Crippen LogP contribution in [0.15, 0.2) is 24.3 Å². The van der Waals surface area contributed by atoms with Gasteiger partial charge in [0.05, 0.1) is 13.1 Å². The van der Waals surface area contributed by atoms with E-state index in [1.807, 2.05) is 6.07 Å². The minimum atomic E-state index is -0.369. The third-order valence-corrected chi connectivity index (χ3v) is 2.52. The molecular weight excluding hydrogens is 232 g/mol. The van der Waals surface area contributed by atoms with Gasteiger partial charge >= 0.3 is 6.03 Å². The number of carbonyl (C=O) groups excluding carboxylic acids is 2. The average Bonchev–Trinajstić information content (AvgIpc) is 2.69. The summed E-state index contributed by atoms with van der Waals surface area (Å²) in [4.78, 5) is 24.0. The van der Waals surface area contributed by atoms with E-state index >= 15 is 0 Å². The summed E-state index contributed by atoms with van der Waals surface area (Å²) >= 11 is 0. The van der Waals surface area contributed by atoms with Gasteiger partial charge < -0.3 is 10.4 Å². The number of imide groups is 1. The van der Waals surface area contributed by atoms with Crippen molar-refractivity contribution < 1.29 is 14.7 Å². The van der Waals surface area contributed by atoms with Crippen molar-refractivity contribution in [2.24, 2.45) is 0 Å². The fourth-order valence-corrected chi connectivity index (χ4v) is 1.69. The molecule has 5 heteroatoms. The molecule has 0 aromatic heterocycles. The van der Waals surface area contributed by atoms with Crippen LogP contribution in [0.5, 0.6) is 0 Å². The van der Waals surface area contributed by atoms with E-state index in [1.165, 1.54) is 4.90 Å². The minimum absolute atomic E-state index is 0.0584. The molecule has 1 aliphatic heterocycles. The van der Waals surface area contributed by atoms with Crippen LogP contribution < -0.4 is 5.32 Å². The lowest BCUT2D eigenvalue weighted by atomic mass is 10.1. The van der Waals surface area contributed by atoms with E-state index in [9.17, 15) is 9.59 Å². The highest BCUT2D eigenvalue weighted by atomic mass is 16.2. The molecule has 0 saturated carbocycles. The van der Waals surface area contributed by atoms with Crippen LogP contribution in [0.1, 0.15) is 11.1 Å². The fraction of sp³-hybridized carbons (Fsp3) is 0.231. The molecule has 2 rings (SSSR count). The van der Waals surface area contributed by atoms with E-state index in [1.54, 1.807) is 18.2 Å². The van der Waals surface area contributed by atoms with Crippen molar-refractivity contribution >= 4 is 11.9 Å². The number of hydrogen-bond donors (Lipinski definition) is 2. The molecular formula is C13H12N2O3. The second-order valence-electron chi connectivity index (χ2n) is 3.80. The number of hydrogen-bond acceptors (Lipinski definition) is 3. The molecule has 92 valence electrons. The maximum absolute atomic E-state index is 11.4. The molecule has 18 heavy (non-hydrogen) atoms.